The summed E-state index contributed by atoms with van der Waals surface area (Å²) < 4.78 is 10.7. The van der Waals surface area contributed by atoms with Gasteiger partial charge in [0.25, 0.3) is 0 Å². The third-order valence-electron chi connectivity index (χ3n) is 2.88. The summed E-state index contributed by atoms with van der Waals surface area (Å²) in [6, 6.07) is 7.22. The Morgan fingerprint density at radius 2 is 1.79 bits per heavy atom. The Morgan fingerprint density at radius 1 is 1.11 bits per heavy atom. The molecule has 0 fully saturated rings. The Labute approximate surface area is 112 Å². The molecule has 0 saturated carbocycles. The molecule has 0 amide bonds. The summed E-state index contributed by atoms with van der Waals surface area (Å²) in [6.07, 6.45) is 3.39. The van der Waals surface area contributed by atoms with Crippen LogP contribution in [-0.4, -0.2) is 25.0 Å². The monoisotopic (exact) mass is 257 g/mol. The number of pyridine rings is 1. The number of ketones is 1. The molecule has 2 aromatic rings. The molecule has 19 heavy (non-hydrogen) atoms. The van der Waals surface area contributed by atoms with E-state index in [4.69, 9.17) is 9.47 Å². The molecular formula is C15H15NO3. The highest BCUT2D eigenvalue weighted by Gasteiger charge is 2.15. The summed E-state index contributed by atoms with van der Waals surface area (Å²) in [5.41, 5.74) is 2.33. The van der Waals surface area contributed by atoms with Crippen LogP contribution < -0.4 is 9.47 Å². The standard InChI is InChI=1S/C15H15NO3/c1-10(17)12-8-13(11-4-6-16-7-5-11)15(19-3)14(9-12)18-2/h4-9H,1-3H3. The molecule has 0 aliphatic rings. The van der Waals surface area contributed by atoms with Crippen molar-refractivity contribution in [3.63, 3.8) is 0 Å². The fourth-order valence-corrected chi connectivity index (χ4v) is 1.91. The van der Waals surface area contributed by atoms with E-state index in [1.807, 2.05) is 12.1 Å². The largest absolute Gasteiger partial charge is 0.493 e. The summed E-state index contributed by atoms with van der Waals surface area (Å²) in [5.74, 6) is 1.14. The van der Waals surface area contributed by atoms with E-state index >= 15 is 0 Å². The number of hydrogen-bond donors (Lipinski definition) is 0. The smallest absolute Gasteiger partial charge is 0.168 e. The Hall–Kier alpha value is -2.36. The van der Waals surface area contributed by atoms with Crippen LogP contribution in [-0.2, 0) is 0 Å². The van der Waals surface area contributed by atoms with Crippen LogP contribution >= 0.6 is 0 Å². The lowest BCUT2D eigenvalue weighted by Crippen LogP contribution is -1.99. The average Bonchev–Trinajstić information content (AvgIpc) is 2.46. The maximum absolute atomic E-state index is 11.6. The van der Waals surface area contributed by atoms with Crippen LogP contribution in [0.3, 0.4) is 0 Å². The van der Waals surface area contributed by atoms with E-state index in [0.717, 1.165) is 11.1 Å². The Kier molecular flexibility index (Phi) is 3.80. The van der Waals surface area contributed by atoms with Crippen molar-refractivity contribution in [2.45, 2.75) is 6.92 Å². The molecule has 0 aliphatic carbocycles. The van der Waals surface area contributed by atoms with Crippen molar-refractivity contribution >= 4 is 5.78 Å². The lowest BCUT2D eigenvalue weighted by atomic mass is 10.0. The van der Waals surface area contributed by atoms with Gasteiger partial charge in [-0.3, -0.25) is 9.78 Å². The molecule has 0 bridgehead atoms. The fourth-order valence-electron chi connectivity index (χ4n) is 1.91. The highest BCUT2D eigenvalue weighted by molar-refractivity contribution is 5.97. The fraction of sp³-hybridized carbons (Fsp3) is 0.200. The Morgan fingerprint density at radius 3 is 2.32 bits per heavy atom. The third-order valence-corrected chi connectivity index (χ3v) is 2.88. The highest BCUT2D eigenvalue weighted by atomic mass is 16.5. The molecule has 1 heterocycles. The van der Waals surface area contributed by atoms with Crippen molar-refractivity contribution in [1.29, 1.82) is 0 Å². The lowest BCUT2D eigenvalue weighted by Gasteiger charge is -2.14. The van der Waals surface area contributed by atoms with Gasteiger partial charge in [0.2, 0.25) is 0 Å². The molecule has 0 atom stereocenters. The zero-order valence-electron chi connectivity index (χ0n) is 11.1. The topological polar surface area (TPSA) is 48.4 Å². The van der Waals surface area contributed by atoms with Crippen LogP contribution in [0.2, 0.25) is 0 Å². The van der Waals surface area contributed by atoms with Crippen LogP contribution in [0.5, 0.6) is 11.5 Å². The van der Waals surface area contributed by atoms with Crippen LogP contribution in [0.1, 0.15) is 17.3 Å². The molecule has 0 radical (unpaired) electrons. The maximum atomic E-state index is 11.6. The van der Waals surface area contributed by atoms with E-state index in [1.165, 1.54) is 6.92 Å². The molecule has 0 saturated heterocycles. The van der Waals surface area contributed by atoms with E-state index in [1.54, 1.807) is 38.7 Å². The molecular weight excluding hydrogens is 242 g/mol. The second kappa shape index (κ2) is 5.52. The number of ether oxygens (including phenoxy) is 2. The molecule has 4 nitrogen and oxygen atoms in total. The molecule has 0 spiro atoms. The van der Waals surface area contributed by atoms with Crippen LogP contribution in [0.15, 0.2) is 36.7 Å². The number of rotatable bonds is 4. The van der Waals surface area contributed by atoms with Crippen molar-refractivity contribution in [3.05, 3.63) is 42.2 Å². The third kappa shape index (κ3) is 2.57. The van der Waals surface area contributed by atoms with Gasteiger partial charge in [-0.25, -0.2) is 0 Å². The highest BCUT2D eigenvalue weighted by Crippen LogP contribution is 2.39. The normalized spacial score (nSPS) is 10.1. The van der Waals surface area contributed by atoms with Crippen molar-refractivity contribution in [1.82, 2.24) is 4.98 Å². The molecule has 1 aromatic heterocycles. The number of aromatic nitrogens is 1. The summed E-state index contributed by atoms with van der Waals surface area (Å²) >= 11 is 0. The lowest BCUT2D eigenvalue weighted by molar-refractivity contribution is 0.101. The quantitative estimate of drug-likeness (QED) is 0.790. The summed E-state index contributed by atoms with van der Waals surface area (Å²) in [6.45, 7) is 1.53. The summed E-state index contributed by atoms with van der Waals surface area (Å²) in [7, 11) is 3.13. The van der Waals surface area contributed by atoms with Gasteiger partial charge >= 0.3 is 0 Å². The molecule has 4 heteroatoms. The second-order valence-corrected chi connectivity index (χ2v) is 4.05. The number of carbonyl (C=O) groups excluding carboxylic acids is 1. The van der Waals surface area contributed by atoms with Crippen molar-refractivity contribution in [2.75, 3.05) is 14.2 Å². The predicted molar refractivity (Wildman–Crippen MR) is 72.8 cm³/mol. The van der Waals surface area contributed by atoms with E-state index in [0.29, 0.717) is 17.1 Å². The van der Waals surface area contributed by atoms with E-state index in [-0.39, 0.29) is 5.78 Å². The average molecular weight is 257 g/mol. The Bertz CT molecular complexity index is 594. The SMILES string of the molecule is COc1cc(C(C)=O)cc(-c2ccncc2)c1OC. The van der Waals surface area contributed by atoms with Crippen LogP contribution in [0.25, 0.3) is 11.1 Å². The van der Waals surface area contributed by atoms with Gasteiger partial charge in [-0.05, 0) is 36.8 Å². The van der Waals surface area contributed by atoms with Gasteiger partial charge in [0.15, 0.2) is 17.3 Å². The van der Waals surface area contributed by atoms with Crippen LogP contribution in [0.4, 0.5) is 0 Å². The van der Waals surface area contributed by atoms with Gasteiger partial charge < -0.3 is 9.47 Å². The van der Waals surface area contributed by atoms with Gasteiger partial charge in [0.1, 0.15) is 0 Å². The van der Waals surface area contributed by atoms with Gasteiger partial charge in [-0.2, -0.15) is 0 Å². The Balaban J connectivity index is 2.70. The molecule has 0 unspecified atom stereocenters. The number of benzene rings is 1. The summed E-state index contributed by atoms with van der Waals surface area (Å²) in [4.78, 5) is 15.6. The minimum Gasteiger partial charge on any atom is -0.493 e. The number of nitrogens with zero attached hydrogens (tertiary/aromatic N) is 1. The first-order chi connectivity index (χ1) is 9.17. The van der Waals surface area contributed by atoms with E-state index in [9.17, 15) is 4.79 Å². The summed E-state index contributed by atoms with van der Waals surface area (Å²) in [5, 5.41) is 0. The van der Waals surface area contributed by atoms with Crippen molar-refractivity contribution in [3.8, 4) is 22.6 Å². The predicted octanol–water partition coefficient (Wildman–Crippen LogP) is 2.97. The second-order valence-electron chi connectivity index (χ2n) is 4.05. The first-order valence-corrected chi connectivity index (χ1v) is 5.84. The van der Waals surface area contributed by atoms with Crippen molar-refractivity contribution < 1.29 is 14.3 Å². The van der Waals surface area contributed by atoms with Gasteiger partial charge in [0, 0.05) is 23.5 Å². The number of methoxy groups -OCH3 is 2. The molecule has 0 N–H and O–H groups in total. The van der Waals surface area contributed by atoms with Crippen LogP contribution in [0, 0.1) is 0 Å². The van der Waals surface area contributed by atoms with Gasteiger partial charge in [0.05, 0.1) is 14.2 Å². The molecule has 0 aliphatic heterocycles. The first kappa shape index (κ1) is 13.1. The van der Waals surface area contributed by atoms with E-state index < -0.39 is 0 Å². The molecule has 98 valence electrons. The zero-order valence-corrected chi connectivity index (χ0v) is 11.1. The van der Waals surface area contributed by atoms with Gasteiger partial charge in [-0.15, -0.1) is 0 Å². The van der Waals surface area contributed by atoms with Crippen molar-refractivity contribution in [2.24, 2.45) is 0 Å². The maximum Gasteiger partial charge on any atom is 0.168 e. The first-order valence-electron chi connectivity index (χ1n) is 5.84. The molecule has 2 rings (SSSR count). The number of Topliss-reactive ketones (excluding diaryl/α,β-unsaturated/α-hetero) is 1. The number of carbonyl (C=O) groups is 1. The minimum atomic E-state index is -0.0174. The van der Waals surface area contributed by atoms with Gasteiger partial charge in [-0.1, -0.05) is 0 Å². The number of hydrogen-bond acceptors (Lipinski definition) is 4. The minimum absolute atomic E-state index is 0.0174. The zero-order chi connectivity index (χ0) is 13.8. The van der Waals surface area contributed by atoms with E-state index in [2.05, 4.69) is 4.98 Å². The molecule has 1 aromatic carbocycles.